The highest BCUT2D eigenvalue weighted by atomic mass is 15.2. The van der Waals surface area contributed by atoms with E-state index in [0.717, 1.165) is 31.1 Å². The molecule has 2 unspecified atom stereocenters. The van der Waals surface area contributed by atoms with Crippen LogP contribution < -0.4 is 5.32 Å². The highest BCUT2D eigenvalue weighted by Crippen LogP contribution is 2.32. The molecule has 2 saturated heterocycles. The molecule has 1 aromatic rings. The monoisotopic (exact) mass is 259 g/mol. The van der Waals surface area contributed by atoms with Crippen molar-refractivity contribution in [3.63, 3.8) is 0 Å². The number of hydrogen-bond donors (Lipinski definition) is 1. The number of fused-ring (bicyclic) bond motifs is 2. The molecule has 1 aromatic heterocycles. The van der Waals surface area contributed by atoms with Crippen LogP contribution in [0.15, 0.2) is 24.4 Å². The fourth-order valence-corrected chi connectivity index (χ4v) is 3.73. The third kappa shape index (κ3) is 3.15. The predicted molar refractivity (Wildman–Crippen MR) is 78.2 cm³/mol. The fourth-order valence-electron chi connectivity index (χ4n) is 3.73. The first kappa shape index (κ1) is 13.1. The van der Waals surface area contributed by atoms with Crippen LogP contribution in [0, 0.1) is 0 Å². The summed E-state index contributed by atoms with van der Waals surface area (Å²) in [7, 11) is 2.32. The molecule has 1 N–H and O–H groups in total. The average molecular weight is 259 g/mol. The van der Waals surface area contributed by atoms with Crippen LogP contribution in [0.1, 0.15) is 37.8 Å². The molecular weight excluding hydrogens is 234 g/mol. The van der Waals surface area contributed by atoms with E-state index in [0.29, 0.717) is 0 Å². The molecule has 0 amide bonds. The average Bonchev–Trinajstić information content (AvgIpc) is 2.41. The van der Waals surface area contributed by atoms with Gasteiger partial charge in [0.15, 0.2) is 0 Å². The van der Waals surface area contributed by atoms with E-state index in [1.165, 1.54) is 37.8 Å². The Morgan fingerprint density at radius 2 is 2.05 bits per heavy atom. The molecule has 3 nitrogen and oxygen atoms in total. The normalized spacial score (nSPS) is 31.3. The van der Waals surface area contributed by atoms with Crippen LogP contribution >= 0.6 is 0 Å². The number of nitrogens with one attached hydrogen (secondary N) is 1. The Kier molecular flexibility index (Phi) is 4.14. The summed E-state index contributed by atoms with van der Waals surface area (Å²) in [6.45, 7) is 1.06. The van der Waals surface area contributed by atoms with E-state index in [2.05, 4.69) is 34.4 Å². The van der Waals surface area contributed by atoms with Crippen molar-refractivity contribution in [1.29, 1.82) is 0 Å². The quantitative estimate of drug-likeness (QED) is 0.899. The van der Waals surface area contributed by atoms with Crippen LogP contribution in [0.25, 0.3) is 0 Å². The molecule has 0 spiro atoms. The Bertz CT molecular complexity index is 378. The molecule has 104 valence electrons. The molecule has 3 heteroatoms. The summed E-state index contributed by atoms with van der Waals surface area (Å²) in [5.41, 5.74) is 1.20. The van der Waals surface area contributed by atoms with Gasteiger partial charge in [-0.05, 0) is 44.9 Å². The maximum atomic E-state index is 4.38. The Labute approximate surface area is 116 Å². The maximum Gasteiger partial charge on any atom is 0.0416 e. The van der Waals surface area contributed by atoms with Crippen LogP contribution in [-0.4, -0.2) is 41.6 Å². The Hall–Kier alpha value is -0.930. The summed E-state index contributed by atoms with van der Waals surface area (Å²) in [6.07, 6.45) is 9.80. The van der Waals surface area contributed by atoms with Gasteiger partial charge < -0.3 is 10.2 Å². The smallest absolute Gasteiger partial charge is 0.0416 e. The lowest BCUT2D eigenvalue weighted by molar-refractivity contribution is 0.0488. The van der Waals surface area contributed by atoms with E-state index in [4.69, 9.17) is 0 Å². The van der Waals surface area contributed by atoms with E-state index >= 15 is 0 Å². The number of aromatic nitrogens is 1. The molecular formula is C16H25N3. The second-order valence-electron chi connectivity index (χ2n) is 6.10. The third-order valence-corrected chi connectivity index (χ3v) is 4.88. The first-order valence-electron chi connectivity index (χ1n) is 7.68. The second-order valence-corrected chi connectivity index (χ2v) is 6.10. The van der Waals surface area contributed by atoms with Gasteiger partial charge in [-0.1, -0.05) is 12.5 Å². The summed E-state index contributed by atoms with van der Waals surface area (Å²) in [4.78, 5) is 7.01. The zero-order chi connectivity index (χ0) is 13.1. The van der Waals surface area contributed by atoms with Gasteiger partial charge in [-0.15, -0.1) is 0 Å². The minimum Gasteiger partial charge on any atom is -0.313 e. The van der Waals surface area contributed by atoms with E-state index in [1.807, 2.05) is 12.3 Å². The molecule has 3 rings (SSSR count). The van der Waals surface area contributed by atoms with Crippen molar-refractivity contribution >= 4 is 0 Å². The Morgan fingerprint density at radius 1 is 1.26 bits per heavy atom. The standard InChI is InChI=1S/C16H25N3/c1-19-15-6-4-7-16(19)12-14(11-15)18-10-8-13-5-2-3-9-17-13/h2-3,5,9,14-16,18H,4,6-8,10-12H2,1H3. The second kappa shape index (κ2) is 6.02. The van der Waals surface area contributed by atoms with Gasteiger partial charge in [0.1, 0.15) is 0 Å². The van der Waals surface area contributed by atoms with Crippen molar-refractivity contribution in [2.45, 2.75) is 56.7 Å². The molecule has 19 heavy (non-hydrogen) atoms. The summed E-state index contributed by atoms with van der Waals surface area (Å²) >= 11 is 0. The lowest BCUT2D eigenvalue weighted by Crippen LogP contribution is -2.54. The van der Waals surface area contributed by atoms with Gasteiger partial charge in [-0.25, -0.2) is 0 Å². The topological polar surface area (TPSA) is 28.2 Å². The molecule has 2 bridgehead atoms. The van der Waals surface area contributed by atoms with Gasteiger partial charge in [-0.2, -0.15) is 0 Å². The van der Waals surface area contributed by atoms with Crippen molar-refractivity contribution < 1.29 is 0 Å². The van der Waals surface area contributed by atoms with Crippen LogP contribution in [0.5, 0.6) is 0 Å². The number of rotatable bonds is 4. The molecule has 3 heterocycles. The van der Waals surface area contributed by atoms with Gasteiger partial charge >= 0.3 is 0 Å². The van der Waals surface area contributed by atoms with Crippen LogP contribution in [0.3, 0.4) is 0 Å². The zero-order valence-electron chi connectivity index (χ0n) is 11.9. The highest BCUT2D eigenvalue weighted by Gasteiger charge is 2.35. The molecule has 2 aliphatic rings. The van der Waals surface area contributed by atoms with Crippen LogP contribution in [0.2, 0.25) is 0 Å². The molecule has 0 saturated carbocycles. The van der Waals surface area contributed by atoms with Gasteiger partial charge in [0.25, 0.3) is 0 Å². The Balaban J connectivity index is 1.46. The molecule has 0 radical (unpaired) electrons. The van der Waals surface area contributed by atoms with E-state index in [9.17, 15) is 0 Å². The number of nitrogens with zero attached hydrogens (tertiary/aromatic N) is 2. The first-order valence-corrected chi connectivity index (χ1v) is 7.68. The minimum atomic E-state index is 0.718. The van der Waals surface area contributed by atoms with Gasteiger partial charge in [0, 0.05) is 43.0 Å². The van der Waals surface area contributed by atoms with Crippen molar-refractivity contribution in [3.05, 3.63) is 30.1 Å². The summed E-state index contributed by atoms with van der Waals surface area (Å²) in [5, 5.41) is 3.75. The summed E-state index contributed by atoms with van der Waals surface area (Å²) in [5.74, 6) is 0. The van der Waals surface area contributed by atoms with Crippen molar-refractivity contribution in [2.75, 3.05) is 13.6 Å². The maximum absolute atomic E-state index is 4.38. The fraction of sp³-hybridized carbons (Fsp3) is 0.688. The number of piperidine rings is 2. The zero-order valence-corrected chi connectivity index (χ0v) is 11.9. The van der Waals surface area contributed by atoms with E-state index in [-0.39, 0.29) is 0 Å². The molecule has 0 aliphatic carbocycles. The predicted octanol–water partition coefficient (Wildman–Crippen LogP) is 2.23. The lowest BCUT2D eigenvalue weighted by Gasteiger charge is -2.47. The third-order valence-electron chi connectivity index (χ3n) is 4.88. The van der Waals surface area contributed by atoms with Crippen LogP contribution in [-0.2, 0) is 6.42 Å². The van der Waals surface area contributed by atoms with E-state index in [1.54, 1.807) is 0 Å². The largest absolute Gasteiger partial charge is 0.313 e. The Morgan fingerprint density at radius 3 is 2.74 bits per heavy atom. The van der Waals surface area contributed by atoms with Gasteiger partial charge in [0.05, 0.1) is 0 Å². The van der Waals surface area contributed by atoms with Crippen molar-refractivity contribution in [1.82, 2.24) is 15.2 Å². The molecule has 2 aliphatic heterocycles. The molecule has 2 atom stereocenters. The van der Waals surface area contributed by atoms with E-state index < -0.39 is 0 Å². The molecule has 2 fully saturated rings. The van der Waals surface area contributed by atoms with Crippen molar-refractivity contribution in [2.24, 2.45) is 0 Å². The lowest BCUT2D eigenvalue weighted by atomic mass is 9.82. The summed E-state index contributed by atoms with van der Waals surface area (Å²) in [6, 6.07) is 8.53. The number of hydrogen-bond acceptors (Lipinski definition) is 3. The minimum absolute atomic E-state index is 0.718. The van der Waals surface area contributed by atoms with Gasteiger partial charge in [0.2, 0.25) is 0 Å². The van der Waals surface area contributed by atoms with Crippen molar-refractivity contribution in [3.8, 4) is 0 Å². The summed E-state index contributed by atoms with van der Waals surface area (Å²) < 4.78 is 0. The molecule has 0 aromatic carbocycles. The first-order chi connectivity index (χ1) is 9.33. The highest BCUT2D eigenvalue weighted by molar-refractivity contribution is 5.04. The van der Waals surface area contributed by atoms with Crippen LogP contribution in [0.4, 0.5) is 0 Å². The van der Waals surface area contributed by atoms with Gasteiger partial charge in [-0.3, -0.25) is 4.98 Å². The SMILES string of the molecule is CN1C2CCCC1CC(NCCc1ccccn1)C2. The number of pyridine rings is 1.